The predicted molar refractivity (Wildman–Crippen MR) is 64.0 cm³/mol. The van der Waals surface area contributed by atoms with Crippen molar-refractivity contribution in [3.8, 4) is 0 Å². The molecule has 0 aromatic rings. The number of hydrogen-bond donors (Lipinski definition) is 2. The van der Waals surface area contributed by atoms with Crippen LogP contribution in [0.4, 0.5) is 0 Å². The third kappa shape index (κ3) is 5.73. The molecule has 0 bridgehead atoms. The van der Waals surface area contributed by atoms with Gasteiger partial charge in [-0.3, -0.25) is 4.79 Å². The van der Waals surface area contributed by atoms with Crippen LogP contribution in [-0.4, -0.2) is 29.5 Å². The Morgan fingerprint density at radius 1 is 1.57 bits per heavy atom. The number of thioether (sulfide) groups is 1. The van der Waals surface area contributed by atoms with Gasteiger partial charge in [-0.15, -0.1) is 12.4 Å². The van der Waals surface area contributed by atoms with E-state index in [1.807, 2.05) is 18.7 Å². The summed E-state index contributed by atoms with van der Waals surface area (Å²) in [6.45, 7) is 1.86. The highest BCUT2D eigenvalue weighted by molar-refractivity contribution is 7.99. The molecule has 0 aliphatic carbocycles. The molecule has 84 valence electrons. The van der Waals surface area contributed by atoms with Crippen LogP contribution in [0.3, 0.4) is 0 Å². The van der Waals surface area contributed by atoms with Gasteiger partial charge in [0, 0.05) is 18.5 Å². The van der Waals surface area contributed by atoms with Gasteiger partial charge in [-0.2, -0.15) is 11.8 Å². The first kappa shape index (κ1) is 14.1. The summed E-state index contributed by atoms with van der Waals surface area (Å²) in [5.74, 6) is 2.44. The van der Waals surface area contributed by atoms with Gasteiger partial charge in [-0.25, -0.2) is 0 Å². The number of amides is 1. The maximum Gasteiger partial charge on any atom is 0.221 e. The number of halogens is 1. The van der Waals surface area contributed by atoms with Crippen molar-refractivity contribution in [2.75, 3.05) is 11.5 Å². The monoisotopic (exact) mass is 238 g/mol. The van der Waals surface area contributed by atoms with Gasteiger partial charge < -0.3 is 11.1 Å². The van der Waals surface area contributed by atoms with Gasteiger partial charge in [0.2, 0.25) is 5.91 Å². The summed E-state index contributed by atoms with van der Waals surface area (Å²) in [4.78, 5) is 11.3. The Morgan fingerprint density at radius 2 is 2.14 bits per heavy atom. The van der Waals surface area contributed by atoms with Crippen molar-refractivity contribution < 1.29 is 4.79 Å². The quantitative estimate of drug-likeness (QED) is 0.776. The molecule has 1 unspecified atom stereocenters. The average molecular weight is 239 g/mol. The van der Waals surface area contributed by atoms with Gasteiger partial charge in [-0.05, 0) is 31.3 Å². The molecule has 1 heterocycles. The van der Waals surface area contributed by atoms with E-state index in [0.717, 1.165) is 12.8 Å². The molecule has 1 fully saturated rings. The fourth-order valence-electron chi connectivity index (χ4n) is 1.42. The molecule has 1 aliphatic rings. The van der Waals surface area contributed by atoms with Crippen molar-refractivity contribution in [3.63, 3.8) is 0 Å². The number of carbonyl (C=O) groups excluding carboxylic acids is 1. The standard InChI is InChI=1S/C9H18N2OS.ClH/c1-7(10)6-9(12)11-8-2-4-13-5-3-8;/h7-8H,2-6,10H2,1H3,(H,11,12);1H. The van der Waals surface area contributed by atoms with E-state index in [1.165, 1.54) is 11.5 Å². The lowest BCUT2D eigenvalue weighted by Gasteiger charge is -2.22. The molecule has 1 atom stereocenters. The van der Waals surface area contributed by atoms with E-state index in [0.29, 0.717) is 12.5 Å². The molecular formula is C9H19ClN2OS. The molecule has 1 saturated heterocycles. The fraction of sp³-hybridized carbons (Fsp3) is 0.889. The summed E-state index contributed by atoms with van der Waals surface area (Å²) in [7, 11) is 0. The van der Waals surface area contributed by atoms with Crippen LogP contribution in [0.1, 0.15) is 26.2 Å². The fourth-order valence-corrected chi connectivity index (χ4v) is 2.53. The summed E-state index contributed by atoms with van der Waals surface area (Å²) >= 11 is 1.96. The molecule has 1 amide bonds. The zero-order valence-electron chi connectivity index (χ0n) is 8.49. The number of hydrogen-bond acceptors (Lipinski definition) is 3. The predicted octanol–water partition coefficient (Wildman–Crippen LogP) is 1.16. The van der Waals surface area contributed by atoms with Crippen molar-refractivity contribution in [1.82, 2.24) is 5.32 Å². The first-order chi connectivity index (χ1) is 6.18. The van der Waals surface area contributed by atoms with Crippen LogP contribution in [0, 0.1) is 0 Å². The number of carbonyl (C=O) groups is 1. The molecule has 3 N–H and O–H groups in total. The minimum Gasteiger partial charge on any atom is -0.353 e. The summed E-state index contributed by atoms with van der Waals surface area (Å²) in [5.41, 5.74) is 5.53. The summed E-state index contributed by atoms with van der Waals surface area (Å²) in [5, 5.41) is 3.02. The summed E-state index contributed by atoms with van der Waals surface area (Å²) < 4.78 is 0. The number of nitrogens with two attached hydrogens (primary N) is 1. The summed E-state index contributed by atoms with van der Waals surface area (Å²) in [6, 6.07) is 0.366. The Kier molecular flexibility index (Phi) is 7.41. The molecular weight excluding hydrogens is 220 g/mol. The van der Waals surface area contributed by atoms with E-state index in [4.69, 9.17) is 5.73 Å². The lowest BCUT2D eigenvalue weighted by atomic mass is 10.1. The van der Waals surface area contributed by atoms with E-state index in [9.17, 15) is 4.79 Å². The second-order valence-corrected chi connectivity index (χ2v) is 4.86. The highest BCUT2D eigenvalue weighted by Crippen LogP contribution is 2.16. The minimum atomic E-state index is -0.0297. The Hall–Kier alpha value is 0.0700. The lowest BCUT2D eigenvalue weighted by molar-refractivity contribution is -0.122. The van der Waals surface area contributed by atoms with Crippen molar-refractivity contribution in [1.29, 1.82) is 0 Å². The van der Waals surface area contributed by atoms with Crippen molar-refractivity contribution in [3.05, 3.63) is 0 Å². The highest BCUT2D eigenvalue weighted by Gasteiger charge is 2.16. The topological polar surface area (TPSA) is 55.1 Å². The second kappa shape index (κ2) is 7.37. The third-order valence-electron chi connectivity index (χ3n) is 2.09. The van der Waals surface area contributed by atoms with E-state index >= 15 is 0 Å². The third-order valence-corrected chi connectivity index (χ3v) is 3.14. The smallest absolute Gasteiger partial charge is 0.221 e. The molecule has 1 aliphatic heterocycles. The van der Waals surface area contributed by atoms with E-state index in [-0.39, 0.29) is 24.4 Å². The molecule has 0 saturated carbocycles. The van der Waals surface area contributed by atoms with Crippen LogP contribution in [-0.2, 0) is 4.79 Å². The van der Waals surface area contributed by atoms with Gasteiger partial charge in [0.05, 0.1) is 0 Å². The zero-order valence-corrected chi connectivity index (χ0v) is 10.1. The normalized spacial score (nSPS) is 19.6. The van der Waals surface area contributed by atoms with Crippen LogP contribution in [0.2, 0.25) is 0 Å². The largest absolute Gasteiger partial charge is 0.353 e. The molecule has 0 radical (unpaired) electrons. The van der Waals surface area contributed by atoms with Gasteiger partial charge in [0.25, 0.3) is 0 Å². The Morgan fingerprint density at radius 3 is 2.64 bits per heavy atom. The Labute approximate surface area is 96.0 Å². The zero-order chi connectivity index (χ0) is 9.68. The van der Waals surface area contributed by atoms with E-state index in [1.54, 1.807) is 0 Å². The lowest BCUT2D eigenvalue weighted by Crippen LogP contribution is -2.39. The van der Waals surface area contributed by atoms with Crippen LogP contribution in [0.5, 0.6) is 0 Å². The highest BCUT2D eigenvalue weighted by atomic mass is 35.5. The van der Waals surface area contributed by atoms with Crippen molar-refractivity contribution >= 4 is 30.1 Å². The van der Waals surface area contributed by atoms with Gasteiger partial charge in [-0.1, -0.05) is 0 Å². The first-order valence-electron chi connectivity index (χ1n) is 4.81. The van der Waals surface area contributed by atoms with Gasteiger partial charge in [0.15, 0.2) is 0 Å². The molecule has 3 nitrogen and oxygen atoms in total. The van der Waals surface area contributed by atoms with Crippen molar-refractivity contribution in [2.24, 2.45) is 5.73 Å². The van der Waals surface area contributed by atoms with Crippen LogP contribution in [0.25, 0.3) is 0 Å². The molecule has 0 spiro atoms. The maximum atomic E-state index is 11.3. The molecule has 0 aromatic carbocycles. The molecule has 0 aromatic heterocycles. The maximum absolute atomic E-state index is 11.3. The minimum absolute atomic E-state index is 0. The van der Waals surface area contributed by atoms with Crippen molar-refractivity contribution in [2.45, 2.75) is 38.3 Å². The SMILES string of the molecule is CC(N)CC(=O)NC1CCSCC1.Cl. The molecule has 14 heavy (non-hydrogen) atoms. The Balaban J connectivity index is 0.00000169. The Bertz CT molecular complexity index is 172. The second-order valence-electron chi connectivity index (χ2n) is 3.64. The summed E-state index contributed by atoms with van der Waals surface area (Å²) in [6.07, 6.45) is 2.66. The van der Waals surface area contributed by atoms with Crippen LogP contribution in [0.15, 0.2) is 0 Å². The van der Waals surface area contributed by atoms with Crippen LogP contribution >= 0.6 is 24.2 Å². The number of nitrogens with one attached hydrogen (secondary N) is 1. The van der Waals surface area contributed by atoms with Gasteiger partial charge in [0.1, 0.15) is 0 Å². The molecule has 1 rings (SSSR count). The van der Waals surface area contributed by atoms with Gasteiger partial charge >= 0.3 is 0 Å². The average Bonchev–Trinajstić information content (AvgIpc) is 2.04. The first-order valence-corrected chi connectivity index (χ1v) is 5.96. The van der Waals surface area contributed by atoms with Crippen LogP contribution < -0.4 is 11.1 Å². The number of rotatable bonds is 3. The van der Waals surface area contributed by atoms with E-state index in [2.05, 4.69) is 5.32 Å². The molecule has 5 heteroatoms. The van der Waals surface area contributed by atoms with E-state index < -0.39 is 0 Å².